The van der Waals surface area contributed by atoms with Gasteiger partial charge >= 0.3 is 0 Å². The summed E-state index contributed by atoms with van der Waals surface area (Å²) >= 11 is 0. The highest BCUT2D eigenvalue weighted by Gasteiger charge is 2.04. The summed E-state index contributed by atoms with van der Waals surface area (Å²) in [6.45, 7) is 1.97. The molecule has 0 bridgehead atoms. The molecule has 116 valence electrons. The quantitative estimate of drug-likeness (QED) is 0.734. The minimum atomic E-state index is -0.279. The van der Waals surface area contributed by atoms with E-state index in [1.54, 1.807) is 12.1 Å². The van der Waals surface area contributed by atoms with Crippen molar-refractivity contribution in [3.8, 4) is 22.8 Å². The van der Waals surface area contributed by atoms with Gasteiger partial charge in [0, 0.05) is 24.0 Å². The van der Waals surface area contributed by atoms with Crippen LogP contribution in [0.15, 0.2) is 60.7 Å². The van der Waals surface area contributed by atoms with E-state index in [4.69, 9.17) is 4.74 Å². The van der Waals surface area contributed by atoms with Gasteiger partial charge in [-0.2, -0.15) is 0 Å². The summed E-state index contributed by atoms with van der Waals surface area (Å²) < 4.78 is 18.6. The second-order valence-electron chi connectivity index (χ2n) is 5.21. The van der Waals surface area contributed by atoms with Crippen molar-refractivity contribution in [3.63, 3.8) is 0 Å². The molecule has 0 fully saturated rings. The predicted molar refractivity (Wildman–Crippen MR) is 90.4 cm³/mol. The third-order valence-electron chi connectivity index (χ3n) is 3.44. The Bertz CT molecular complexity index is 799. The molecule has 0 aliphatic heterocycles. The van der Waals surface area contributed by atoms with Crippen molar-refractivity contribution in [2.75, 3.05) is 12.4 Å². The number of nitrogens with one attached hydrogen (secondary N) is 1. The molecule has 1 heterocycles. The third-order valence-corrected chi connectivity index (χ3v) is 3.44. The van der Waals surface area contributed by atoms with Crippen LogP contribution in [0.25, 0.3) is 11.3 Å². The van der Waals surface area contributed by atoms with Gasteiger partial charge in [-0.3, -0.25) is 4.98 Å². The van der Waals surface area contributed by atoms with Crippen molar-refractivity contribution >= 4 is 5.69 Å². The highest BCUT2D eigenvalue weighted by molar-refractivity contribution is 5.65. The minimum Gasteiger partial charge on any atom is -0.457 e. The van der Waals surface area contributed by atoms with Crippen LogP contribution in [0.4, 0.5) is 10.1 Å². The number of hydrogen-bond acceptors (Lipinski definition) is 3. The predicted octanol–water partition coefficient (Wildman–Crippen LogP) is 5.03. The first-order chi connectivity index (χ1) is 11.1. The van der Waals surface area contributed by atoms with E-state index < -0.39 is 0 Å². The summed E-state index contributed by atoms with van der Waals surface area (Å²) in [4.78, 5) is 4.55. The number of aromatic nitrogens is 1. The number of aryl methyl sites for hydroxylation is 1. The Kier molecular flexibility index (Phi) is 4.24. The molecule has 0 radical (unpaired) electrons. The molecule has 1 aromatic heterocycles. The van der Waals surface area contributed by atoms with Crippen molar-refractivity contribution in [1.82, 2.24) is 4.98 Å². The number of benzene rings is 2. The normalized spacial score (nSPS) is 10.4. The van der Waals surface area contributed by atoms with Gasteiger partial charge in [0.05, 0.1) is 5.69 Å². The van der Waals surface area contributed by atoms with E-state index in [1.807, 2.05) is 50.4 Å². The van der Waals surface area contributed by atoms with Crippen molar-refractivity contribution < 1.29 is 9.13 Å². The molecule has 0 unspecified atom stereocenters. The highest BCUT2D eigenvalue weighted by Crippen LogP contribution is 2.26. The molecule has 4 heteroatoms. The van der Waals surface area contributed by atoms with Crippen LogP contribution in [0, 0.1) is 12.7 Å². The Labute approximate surface area is 134 Å². The number of ether oxygens (including phenoxy) is 1. The topological polar surface area (TPSA) is 34.2 Å². The van der Waals surface area contributed by atoms with E-state index in [-0.39, 0.29) is 5.82 Å². The lowest BCUT2D eigenvalue weighted by molar-refractivity contribution is 0.480. The minimum absolute atomic E-state index is 0.279. The number of halogens is 1. The Hall–Kier alpha value is -2.88. The molecule has 1 N–H and O–H groups in total. The van der Waals surface area contributed by atoms with Crippen LogP contribution in [-0.2, 0) is 0 Å². The lowest BCUT2D eigenvalue weighted by Gasteiger charge is -2.09. The van der Waals surface area contributed by atoms with Crippen molar-refractivity contribution in [2.45, 2.75) is 6.92 Å². The van der Waals surface area contributed by atoms with Crippen molar-refractivity contribution in [3.05, 3.63) is 72.2 Å². The van der Waals surface area contributed by atoms with E-state index in [2.05, 4.69) is 10.3 Å². The molecule has 3 nitrogen and oxygen atoms in total. The molecular weight excluding hydrogens is 291 g/mol. The van der Waals surface area contributed by atoms with E-state index in [0.29, 0.717) is 11.5 Å². The van der Waals surface area contributed by atoms with Crippen LogP contribution in [0.1, 0.15) is 5.69 Å². The average Bonchev–Trinajstić information content (AvgIpc) is 2.57. The number of hydrogen-bond donors (Lipinski definition) is 1. The van der Waals surface area contributed by atoms with E-state index >= 15 is 0 Å². The first kappa shape index (κ1) is 15.0. The molecule has 3 aromatic rings. The van der Waals surface area contributed by atoms with Crippen LogP contribution < -0.4 is 10.1 Å². The van der Waals surface area contributed by atoms with E-state index in [1.165, 1.54) is 12.1 Å². The van der Waals surface area contributed by atoms with Crippen LogP contribution in [0.5, 0.6) is 11.5 Å². The smallest absolute Gasteiger partial charge is 0.127 e. The van der Waals surface area contributed by atoms with Gasteiger partial charge in [0.15, 0.2) is 0 Å². The highest BCUT2D eigenvalue weighted by atomic mass is 19.1. The second-order valence-corrected chi connectivity index (χ2v) is 5.21. The van der Waals surface area contributed by atoms with E-state index in [9.17, 15) is 4.39 Å². The molecule has 3 rings (SSSR count). The largest absolute Gasteiger partial charge is 0.457 e. The first-order valence-corrected chi connectivity index (χ1v) is 7.34. The van der Waals surface area contributed by atoms with Gasteiger partial charge < -0.3 is 10.1 Å². The van der Waals surface area contributed by atoms with Gasteiger partial charge in [-0.05, 0) is 67.6 Å². The molecule has 0 saturated carbocycles. The summed E-state index contributed by atoms with van der Waals surface area (Å²) in [6, 6.07) is 17.6. The molecule has 0 amide bonds. The lowest BCUT2D eigenvalue weighted by Crippen LogP contribution is -1.93. The third kappa shape index (κ3) is 3.66. The Morgan fingerprint density at radius 1 is 0.913 bits per heavy atom. The van der Waals surface area contributed by atoms with Crippen LogP contribution in [0.2, 0.25) is 0 Å². The van der Waals surface area contributed by atoms with Crippen LogP contribution >= 0.6 is 0 Å². The number of anilines is 1. The van der Waals surface area contributed by atoms with Crippen molar-refractivity contribution in [2.24, 2.45) is 0 Å². The van der Waals surface area contributed by atoms with Gasteiger partial charge in [0.2, 0.25) is 0 Å². The summed E-state index contributed by atoms with van der Waals surface area (Å²) in [5, 5.41) is 3.13. The number of nitrogens with zero attached hydrogens (tertiary/aromatic N) is 1. The summed E-state index contributed by atoms with van der Waals surface area (Å²) in [5.41, 5.74) is 3.90. The van der Waals surface area contributed by atoms with Crippen molar-refractivity contribution in [1.29, 1.82) is 0 Å². The molecule has 0 saturated heterocycles. The average molecular weight is 308 g/mol. The molecule has 0 atom stereocenters. The zero-order valence-electron chi connectivity index (χ0n) is 13.0. The van der Waals surface area contributed by atoms with Gasteiger partial charge in [0.1, 0.15) is 17.3 Å². The Morgan fingerprint density at radius 3 is 2.13 bits per heavy atom. The Morgan fingerprint density at radius 2 is 1.52 bits per heavy atom. The maximum Gasteiger partial charge on any atom is 0.127 e. The molecule has 0 aliphatic carbocycles. The lowest BCUT2D eigenvalue weighted by atomic mass is 10.1. The summed E-state index contributed by atoms with van der Waals surface area (Å²) in [7, 11) is 1.89. The molecular formula is C19H17FN2O. The zero-order chi connectivity index (χ0) is 16.2. The van der Waals surface area contributed by atoms with Gasteiger partial charge in [0.25, 0.3) is 0 Å². The summed E-state index contributed by atoms with van der Waals surface area (Å²) in [6.07, 6.45) is 0. The Balaban J connectivity index is 1.81. The first-order valence-electron chi connectivity index (χ1n) is 7.34. The molecule has 2 aromatic carbocycles. The number of pyridine rings is 1. The molecule has 0 aliphatic rings. The maximum atomic E-state index is 12.9. The zero-order valence-corrected chi connectivity index (χ0v) is 13.0. The standard InChI is InChI=1S/C19H17FN2O/c1-13-11-16(21-2)12-19(22-13)14-3-7-17(8-4-14)23-18-9-5-15(20)6-10-18/h3-12H,1-2H3,(H,21,22). The molecule has 0 spiro atoms. The van der Waals surface area contributed by atoms with Crippen LogP contribution in [0.3, 0.4) is 0 Å². The fraction of sp³-hybridized carbons (Fsp3) is 0.105. The summed E-state index contributed by atoms with van der Waals surface area (Å²) in [5.74, 6) is 1.02. The monoisotopic (exact) mass is 308 g/mol. The molecule has 23 heavy (non-hydrogen) atoms. The van der Waals surface area contributed by atoms with Crippen LogP contribution in [-0.4, -0.2) is 12.0 Å². The van der Waals surface area contributed by atoms with Gasteiger partial charge in [-0.25, -0.2) is 4.39 Å². The fourth-order valence-corrected chi connectivity index (χ4v) is 2.29. The number of rotatable bonds is 4. The maximum absolute atomic E-state index is 12.9. The van der Waals surface area contributed by atoms with E-state index in [0.717, 1.165) is 22.6 Å². The second kappa shape index (κ2) is 6.48. The van der Waals surface area contributed by atoms with Gasteiger partial charge in [-0.1, -0.05) is 0 Å². The van der Waals surface area contributed by atoms with Gasteiger partial charge in [-0.15, -0.1) is 0 Å². The SMILES string of the molecule is CNc1cc(C)nc(-c2ccc(Oc3ccc(F)cc3)cc2)c1. The fourth-order valence-electron chi connectivity index (χ4n) is 2.29.